The maximum absolute atomic E-state index is 13.7. The number of nitrogens with zero attached hydrogens (tertiary/aromatic N) is 2. The average molecular weight is 812 g/mol. The summed E-state index contributed by atoms with van der Waals surface area (Å²) in [6.07, 6.45) is 20.7. The summed E-state index contributed by atoms with van der Waals surface area (Å²) in [5, 5.41) is 17.0. The van der Waals surface area contributed by atoms with Gasteiger partial charge in [0.25, 0.3) is 0 Å². The van der Waals surface area contributed by atoms with Crippen LogP contribution >= 0.6 is 15.9 Å². The van der Waals surface area contributed by atoms with Crippen LogP contribution in [0.25, 0.3) is 0 Å². The van der Waals surface area contributed by atoms with Crippen LogP contribution in [0, 0.1) is 97.8 Å². The van der Waals surface area contributed by atoms with Crippen molar-refractivity contribution in [3.63, 3.8) is 0 Å². The maximum Gasteiger partial charge on any atom is 0.145 e. The van der Waals surface area contributed by atoms with Gasteiger partial charge in [-0.25, -0.2) is 17.6 Å². The number of rotatable bonds is 12. The number of hydrogen-bond donors (Lipinski definition) is 0. The van der Waals surface area contributed by atoms with E-state index in [1.807, 2.05) is 13.8 Å². The minimum Gasteiger partial charge on any atom is -0.205 e. The SMILES string of the molecule is C#Cc1c(C)cc(CCCCCCC)cc1C.CCCCCCCc1cc(C)c(C#Cc2cc(F)c(C#N)c(F)c2)c(C)c1.N#Cc1c(F)cc(Br)cc1F. The van der Waals surface area contributed by atoms with E-state index >= 15 is 0 Å². The van der Waals surface area contributed by atoms with Crippen molar-refractivity contribution in [3.05, 3.63) is 137 Å². The van der Waals surface area contributed by atoms with Crippen LogP contribution in [0.3, 0.4) is 0 Å². The van der Waals surface area contributed by atoms with Crippen molar-refractivity contribution in [2.24, 2.45) is 0 Å². The first-order chi connectivity index (χ1) is 26.3. The molecule has 0 amide bonds. The lowest BCUT2D eigenvalue weighted by atomic mass is 9.96. The molecule has 0 fully saturated rings. The second-order valence-electron chi connectivity index (χ2n) is 13.7. The summed E-state index contributed by atoms with van der Waals surface area (Å²) in [6.45, 7) is 12.7. The maximum atomic E-state index is 13.7. The molecule has 0 aliphatic rings. The van der Waals surface area contributed by atoms with Crippen LogP contribution in [0.1, 0.15) is 139 Å². The first-order valence-corrected chi connectivity index (χ1v) is 19.7. The molecular weight excluding hydrogens is 760 g/mol. The Hall–Kier alpha value is -4.82. The summed E-state index contributed by atoms with van der Waals surface area (Å²) in [5.74, 6) is 5.17. The van der Waals surface area contributed by atoms with Crippen LogP contribution in [-0.4, -0.2) is 0 Å². The van der Waals surface area contributed by atoms with Crippen molar-refractivity contribution in [1.82, 2.24) is 0 Å². The van der Waals surface area contributed by atoms with Gasteiger partial charge >= 0.3 is 0 Å². The van der Waals surface area contributed by atoms with Gasteiger partial charge in [0.15, 0.2) is 0 Å². The first-order valence-electron chi connectivity index (χ1n) is 18.9. The molecular formula is C48H51BrF4N2. The van der Waals surface area contributed by atoms with Crippen molar-refractivity contribution < 1.29 is 17.6 Å². The van der Waals surface area contributed by atoms with E-state index in [-0.39, 0.29) is 10.0 Å². The predicted molar refractivity (Wildman–Crippen MR) is 221 cm³/mol. The number of hydrogen-bond acceptors (Lipinski definition) is 2. The zero-order valence-electron chi connectivity index (χ0n) is 33.0. The van der Waals surface area contributed by atoms with Gasteiger partial charge < -0.3 is 0 Å². The van der Waals surface area contributed by atoms with E-state index in [2.05, 4.69) is 85.7 Å². The molecule has 2 nitrogen and oxygen atoms in total. The Kier molecular flexibility index (Phi) is 20.7. The molecule has 0 spiro atoms. The zero-order valence-corrected chi connectivity index (χ0v) is 34.6. The van der Waals surface area contributed by atoms with E-state index in [0.717, 1.165) is 52.9 Å². The third-order valence-corrected chi connectivity index (χ3v) is 9.53. The van der Waals surface area contributed by atoms with Crippen molar-refractivity contribution in [3.8, 4) is 36.3 Å². The summed E-state index contributed by atoms with van der Waals surface area (Å²) >= 11 is 2.89. The number of aryl methyl sites for hydroxylation is 6. The highest BCUT2D eigenvalue weighted by molar-refractivity contribution is 9.10. The lowest BCUT2D eigenvalue weighted by molar-refractivity contribution is 0.575. The summed E-state index contributed by atoms with van der Waals surface area (Å²) < 4.78 is 53.0. The highest BCUT2D eigenvalue weighted by Gasteiger charge is 2.11. The van der Waals surface area contributed by atoms with Gasteiger partial charge in [0.1, 0.15) is 46.5 Å². The molecule has 4 rings (SSSR count). The largest absolute Gasteiger partial charge is 0.205 e. The fourth-order valence-electron chi connectivity index (χ4n) is 6.22. The standard InChI is InChI=1S/C24H25F2N.C17H24.C7H2BrF2N/c1-4-5-6-7-8-9-19-12-17(2)21(18(3)13-19)11-10-20-14-23(25)22(16-27)24(26)15-20;1-5-7-8-9-10-11-16-12-14(3)17(6-2)15(4)13-16;8-4-1-6(9)5(3-11)7(10)2-4/h12-15H,4-9H2,1-3H3;2,12-13H,5,7-11H2,1,3-4H3;1-2H. The third-order valence-electron chi connectivity index (χ3n) is 9.07. The second-order valence-corrected chi connectivity index (χ2v) is 14.6. The Bertz CT molecular complexity index is 1990. The molecule has 0 unspecified atom stereocenters. The molecule has 0 radical (unpaired) electrons. The normalized spacial score (nSPS) is 10.0. The topological polar surface area (TPSA) is 47.6 Å². The van der Waals surface area contributed by atoms with Crippen LogP contribution in [0.5, 0.6) is 0 Å². The van der Waals surface area contributed by atoms with Crippen molar-refractivity contribution in [2.45, 2.75) is 119 Å². The molecule has 4 aromatic carbocycles. The Morgan fingerprint density at radius 1 is 0.509 bits per heavy atom. The summed E-state index contributed by atoms with van der Waals surface area (Å²) in [5.41, 5.74) is 8.44. The van der Waals surface area contributed by atoms with Crippen molar-refractivity contribution in [2.75, 3.05) is 0 Å². The lowest BCUT2D eigenvalue weighted by Crippen LogP contribution is -1.95. The molecule has 0 aromatic heterocycles. The quantitative estimate of drug-likeness (QED) is 0.0813. The first kappa shape index (κ1) is 46.3. The minimum atomic E-state index is -0.881. The molecule has 0 aliphatic heterocycles. The van der Waals surface area contributed by atoms with Gasteiger partial charge in [-0.3, -0.25) is 0 Å². The second kappa shape index (κ2) is 24.6. The third kappa shape index (κ3) is 15.4. The summed E-state index contributed by atoms with van der Waals surface area (Å²) in [6, 6.07) is 16.0. The van der Waals surface area contributed by atoms with Crippen LogP contribution < -0.4 is 0 Å². The van der Waals surface area contributed by atoms with Gasteiger partial charge in [0.2, 0.25) is 0 Å². The molecule has 4 aromatic rings. The Labute approximate surface area is 335 Å². The van der Waals surface area contributed by atoms with Gasteiger partial charge in [-0.2, -0.15) is 10.5 Å². The van der Waals surface area contributed by atoms with Crippen molar-refractivity contribution in [1.29, 1.82) is 10.5 Å². The van der Waals surface area contributed by atoms with Gasteiger partial charge in [-0.1, -0.05) is 123 Å². The number of benzene rings is 4. The lowest BCUT2D eigenvalue weighted by Gasteiger charge is -2.08. The highest BCUT2D eigenvalue weighted by Crippen LogP contribution is 2.21. The molecule has 0 N–H and O–H groups in total. The fourth-order valence-corrected chi connectivity index (χ4v) is 6.62. The smallest absolute Gasteiger partial charge is 0.145 e. The molecule has 0 heterocycles. The van der Waals surface area contributed by atoms with Crippen LogP contribution in [0.2, 0.25) is 0 Å². The fraction of sp³-hybridized carbons (Fsp3) is 0.375. The molecule has 0 saturated heterocycles. The molecule has 55 heavy (non-hydrogen) atoms. The summed E-state index contributed by atoms with van der Waals surface area (Å²) in [4.78, 5) is 0. The number of halogens is 5. The summed E-state index contributed by atoms with van der Waals surface area (Å²) in [7, 11) is 0. The molecule has 288 valence electrons. The Balaban J connectivity index is 0.000000317. The van der Waals surface area contributed by atoms with E-state index < -0.39 is 34.4 Å². The Morgan fingerprint density at radius 2 is 0.873 bits per heavy atom. The van der Waals surface area contributed by atoms with E-state index in [9.17, 15) is 17.6 Å². The Morgan fingerprint density at radius 3 is 1.24 bits per heavy atom. The van der Waals surface area contributed by atoms with Gasteiger partial charge in [-0.05, 0) is 111 Å². The molecule has 0 bridgehead atoms. The molecule has 0 atom stereocenters. The number of terminal acetylenes is 1. The van der Waals surface area contributed by atoms with Crippen LogP contribution in [0.4, 0.5) is 17.6 Å². The van der Waals surface area contributed by atoms with Crippen LogP contribution in [0.15, 0.2) is 53.0 Å². The minimum absolute atomic E-state index is 0.225. The van der Waals surface area contributed by atoms with Crippen molar-refractivity contribution >= 4 is 15.9 Å². The molecule has 7 heteroatoms. The van der Waals surface area contributed by atoms with E-state index in [1.54, 1.807) is 0 Å². The van der Waals surface area contributed by atoms with E-state index in [0.29, 0.717) is 0 Å². The average Bonchev–Trinajstić information content (AvgIpc) is 3.11. The van der Waals surface area contributed by atoms with Crippen LogP contribution in [-0.2, 0) is 12.8 Å². The van der Waals surface area contributed by atoms with Gasteiger partial charge in [0.05, 0.1) is 0 Å². The van der Waals surface area contributed by atoms with Gasteiger partial charge in [-0.15, -0.1) is 6.42 Å². The van der Waals surface area contributed by atoms with E-state index in [1.165, 1.54) is 105 Å². The number of unbranched alkanes of at least 4 members (excludes halogenated alkanes) is 8. The number of nitriles is 2. The zero-order chi connectivity index (χ0) is 40.9. The molecule has 0 saturated carbocycles. The highest BCUT2D eigenvalue weighted by atomic mass is 79.9. The molecule has 0 aliphatic carbocycles. The predicted octanol–water partition coefficient (Wildman–Crippen LogP) is 13.8. The van der Waals surface area contributed by atoms with Gasteiger partial charge in [0, 0.05) is 21.2 Å². The van der Waals surface area contributed by atoms with E-state index in [4.69, 9.17) is 16.9 Å². The monoisotopic (exact) mass is 810 g/mol.